The zero-order valence-electron chi connectivity index (χ0n) is 13.6. The molecule has 2 fully saturated rings. The van der Waals surface area contributed by atoms with Crippen molar-refractivity contribution in [3.05, 3.63) is 17.5 Å². The molecule has 0 aromatic carbocycles. The molecule has 1 N–H and O–H groups in total. The molecule has 1 aliphatic carbocycles. The molecule has 4 nitrogen and oxygen atoms in total. The van der Waals surface area contributed by atoms with E-state index in [1.165, 1.54) is 25.7 Å². The highest BCUT2D eigenvalue weighted by Crippen LogP contribution is 2.24. The predicted octanol–water partition coefficient (Wildman–Crippen LogP) is 2.88. The molecule has 0 spiro atoms. The van der Waals surface area contributed by atoms with E-state index in [4.69, 9.17) is 4.98 Å². The highest BCUT2D eigenvalue weighted by Gasteiger charge is 2.26. The second-order valence-corrected chi connectivity index (χ2v) is 7.03. The number of anilines is 1. The van der Waals surface area contributed by atoms with Crippen LogP contribution in [-0.4, -0.2) is 35.6 Å². The van der Waals surface area contributed by atoms with Gasteiger partial charge in [0.2, 0.25) is 5.95 Å². The van der Waals surface area contributed by atoms with Gasteiger partial charge in [0.15, 0.2) is 0 Å². The molecule has 1 saturated heterocycles. The van der Waals surface area contributed by atoms with Crippen molar-refractivity contribution in [2.24, 2.45) is 5.92 Å². The molecule has 0 bridgehead atoms. The number of hydrogen-bond acceptors (Lipinski definition) is 4. The summed E-state index contributed by atoms with van der Waals surface area (Å²) >= 11 is 0. The van der Waals surface area contributed by atoms with Crippen molar-refractivity contribution < 1.29 is 0 Å². The Balaban J connectivity index is 1.66. The van der Waals surface area contributed by atoms with Crippen LogP contribution in [0.1, 0.15) is 56.8 Å². The lowest BCUT2D eigenvalue weighted by Gasteiger charge is -2.33. The number of rotatable bonds is 5. The van der Waals surface area contributed by atoms with E-state index in [1.807, 2.05) is 0 Å². The monoisotopic (exact) mass is 288 g/mol. The van der Waals surface area contributed by atoms with Crippen LogP contribution in [0, 0.1) is 12.8 Å². The summed E-state index contributed by atoms with van der Waals surface area (Å²) in [6, 6.07) is 2.92. The van der Waals surface area contributed by atoms with Gasteiger partial charge in [-0.25, -0.2) is 9.97 Å². The molecular formula is C17H28N4. The average molecular weight is 288 g/mol. The normalized spacial score (nSPS) is 22.9. The van der Waals surface area contributed by atoms with Gasteiger partial charge in [-0.2, -0.15) is 0 Å². The second kappa shape index (κ2) is 6.30. The van der Waals surface area contributed by atoms with Crippen molar-refractivity contribution in [2.75, 3.05) is 24.5 Å². The standard InChI is InChI=1S/C17H28N4/c1-12(2)16-9-13(3)19-17(20-16)21-8-4-5-14(11-21)10-18-15-6-7-15/h9,12,14-15,18H,4-8,10-11H2,1-3H3. The lowest BCUT2D eigenvalue weighted by atomic mass is 9.98. The number of nitrogens with one attached hydrogen (secondary N) is 1. The number of aromatic nitrogens is 2. The fourth-order valence-electron chi connectivity index (χ4n) is 3.05. The Morgan fingerprint density at radius 2 is 2.10 bits per heavy atom. The number of hydrogen-bond donors (Lipinski definition) is 1. The lowest BCUT2D eigenvalue weighted by molar-refractivity contribution is 0.387. The van der Waals surface area contributed by atoms with E-state index in [9.17, 15) is 0 Å². The molecule has 1 unspecified atom stereocenters. The van der Waals surface area contributed by atoms with Gasteiger partial charge in [0.1, 0.15) is 0 Å². The van der Waals surface area contributed by atoms with E-state index in [0.29, 0.717) is 5.92 Å². The average Bonchev–Trinajstić information content (AvgIpc) is 3.29. The molecule has 1 atom stereocenters. The van der Waals surface area contributed by atoms with Gasteiger partial charge in [-0.05, 0) is 57.1 Å². The van der Waals surface area contributed by atoms with Crippen molar-refractivity contribution in [1.29, 1.82) is 0 Å². The Kier molecular flexibility index (Phi) is 4.43. The first kappa shape index (κ1) is 14.8. The van der Waals surface area contributed by atoms with Crippen LogP contribution in [0.4, 0.5) is 5.95 Å². The van der Waals surface area contributed by atoms with Crippen molar-refractivity contribution in [3.8, 4) is 0 Å². The molecule has 4 heteroatoms. The van der Waals surface area contributed by atoms with E-state index >= 15 is 0 Å². The van der Waals surface area contributed by atoms with Crippen LogP contribution in [0.2, 0.25) is 0 Å². The van der Waals surface area contributed by atoms with Crippen LogP contribution < -0.4 is 10.2 Å². The van der Waals surface area contributed by atoms with E-state index in [-0.39, 0.29) is 0 Å². The van der Waals surface area contributed by atoms with Crippen molar-refractivity contribution in [3.63, 3.8) is 0 Å². The first-order valence-corrected chi connectivity index (χ1v) is 8.45. The maximum absolute atomic E-state index is 4.79. The largest absolute Gasteiger partial charge is 0.340 e. The summed E-state index contributed by atoms with van der Waals surface area (Å²) in [6.07, 6.45) is 5.33. The molecule has 1 saturated carbocycles. The highest BCUT2D eigenvalue weighted by atomic mass is 15.3. The zero-order valence-corrected chi connectivity index (χ0v) is 13.6. The van der Waals surface area contributed by atoms with Gasteiger partial charge in [0.05, 0.1) is 0 Å². The van der Waals surface area contributed by atoms with Crippen molar-refractivity contribution in [1.82, 2.24) is 15.3 Å². The van der Waals surface area contributed by atoms with Crippen LogP contribution in [0.3, 0.4) is 0 Å². The minimum Gasteiger partial charge on any atom is -0.340 e. The molecule has 3 rings (SSSR count). The maximum Gasteiger partial charge on any atom is 0.225 e. The third-order valence-corrected chi connectivity index (χ3v) is 4.53. The SMILES string of the molecule is Cc1cc(C(C)C)nc(N2CCCC(CNC3CC3)C2)n1. The Hall–Kier alpha value is -1.16. The van der Waals surface area contributed by atoms with Gasteiger partial charge in [-0.3, -0.25) is 0 Å². The van der Waals surface area contributed by atoms with Crippen molar-refractivity contribution in [2.45, 2.75) is 58.4 Å². The summed E-state index contributed by atoms with van der Waals surface area (Å²) in [6.45, 7) is 9.83. The van der Waals surface area contributed by atoms with Gasteiger partial charge in [-0.1, -0.05) is 13.8 Å². The van der Waals surface area contributed by atoms with E-state index < -0.39 is 0 Å². The van der Waals surface area contributed by atoms with Crippen LogP contribution in [0.5, 0.6) is 0 Å². The lowest BCUT2D eigenvalue weighted by Crippen LogP contribution is -2.41. The number of piperidine rings is 1. The maximum atomic E-state index is 4.79. The summed E-state index contributed by atoms with van der Waals surface area (Å²) in [5.41, 5.74) is 2.25. The zero-order chi connectivity index (χ0) is 14.8. The molecule has 2 heterocycles. The van der Waals surface area contributed by atoms with Gasteiger partial charge in [0, 0.05) is 30.5 Å². The van der Waals surface area contributed by atoms with Crippen LogP contribution in [0.15, 0.2) is 6.07 Å². The molecule has 2 aliphatic rings. The smallest absolute Gasteiger partial charge is 0.225 e. The van der Waals surface area contributed by atoms with Crippen LogP contribution >= 0.6 is 0 Å². The van der Waals surface area contributed by atoms with E-state index in [2.05, 4.69) is 42.0 Å². The number of aryl methyl sites for hydroxylation is 1. The minimum atomic E-state index is 0.461. The molecule has 1 aliphatic heterocycles. The summed E-state index contributed by atoms with van der Waals surface area (Å²) < 4.78 is 0. The van der Waals surface area contributed by atoms with E-state index in [1.54, 1.807) is 0 Å². The molecule has 1 aromatic rings. The molecule has 21 heavy (non-hydrogen) atoms. The fraction of sp³-hybridized carbons (Fsp3) is 0.765. The first-order chi connectivity index (χ1) is 10.1. The molecule has 1 aromatic heterocycles. The van der Waals surface area contributed by atoms with Crippen molar-refractivity contribution >= 4 is 5.95 Å². The third kappa shape index (κ3) is 3.94. The predicted molar refractivity (Wildman–Crippen MR) is 86.8 cm³/mol. The fourth-order valence-corrected chi connectivity index (χ4v) is 3.05. The Labute approximate surface area is 128 Å². The Morgan fingerprint density at radius 3 is 2.81 bits per heavy atom. The molecule has 116 valence electrons. The molecular weight excluding hydrogens is 260 g/mol. The quantitative estimate of drug-likeness (QED) is 0.904. The van der Waals surface area contributed by atoms with Crippen LogP contribution in [0.25, 0.3) is 0 Å². The van der Waals surface area contributed by atoms with Gasteiger partial charge >= 0.3 is 0 Å². The first-order valence-electron chi connectivity index (χ1n) is 8.45. The van der Waals surface area contributed by atoms with Crippen LogP contribution in [-0.2, 0) is 0 Å². The van der Waals surface area contributed by atoms with Gasteiger partial charge < -0.3 is 10.2 Å². The third-order valence-electron chi connectivity index (χ3n) is 4.53. The summed E-state index contributed by atoms with van der Waals surface area (Å²) in [7, 11) is 0. The van der Waals surface area contributed by atoms with Gasteiger partial charge in [-0.15, -0.1) is 0 Å². The Morgan fingerprint density at radius 1 is 1.29 bits per heavy atom. The molecule has 0 radical (unpaired) electrons. The van der Waals surface area contributed by atoms with E-state index in [0.717, 1.165) is 48.9 Å². The minimum absolute atomic E-state index is 0.461. The second-order valence-electron chi connectivity index (χ2n) is 7.03. The Bertz CT molecular complexity index is 482. The highest BCUT2D eigenvalue weighted by molar-refractivity contribution is 5.34. The topological polar surface area (TPSA) is 41.1 Å². The van der Waals surface area contributed by atoms with Gasteiger partial charge in [0.25, 0.3) is 0 Å². The summed E-state index contributed by atoms with van der Waals surface area (Å²) in [4.78, 5) is 11.9. The summed E-state index contributed by atoms with van der Waals surface area (Å²) in [5.74, 6) is 2.14. The number of nitrogens with zero attached hydrogens (tertiary/aromatic N) is 3. The summed E-state index contributed by atoms with van der Waals surface area (Å²) in [5, 5.41) is 3.67. The molecule has 0 amide bonds.